The molecular weight excluding hydrogens is 401 g/mol. The highest BCUT2D eigenvalue weighted by molar-refractivity contribution is 6.27. The van der Waals surface area contributed by atoms with Crippen molar-refractivity contribution < 1.29 is 18.8 Å². The topological polar surface area (TPSA) is 108 Å². The highest BCUT2D eigenvalue weighted by Crippen LogP contribution is 2.34. The molecule has 0 spiro atoms. The van der Waals surface area contributed by atoms with Crippen LogP contribution in [0.2, 0.25) is 0 Å². The molecule has 0 bridgehead atoms. The Labute approximate surface area is 177 Å². The molecule has 3 amide bonds. The van der Waals surface area contributed by atoms with Crippen molar-refractivity contribution in [3.8, 4) is 0 Å². The molecule has 0 unspecified atom stereocenters. The zero-order valence-corrected chi connectivity index (χ0v) is 17.8. The molecule has 1 aromatic carbocycles. The first-order valence-electron chi connectivity index (χ1n) is 9.88. The molecule has 8 nitrogen and oxygen atoms in total. The number of hydrogen-bond acceptors (Lipinski definition) is 5. The van der Waals surface area contributed by atoms with Crippen molar-refractivity contribution in [2.75, 3.05) is 0 Å². The van der Waals surface area contributed by atoms with Crippen molar-refractivity contribution in [1.29, 1.82) is 0 Å². The molecule has 4 rings (SSSR count). The summed E-state index contributed by atoms with van der Waals surface area (Å²) in [6.45, 7) is 9.55. The summed E-state index contributed by atoms with van der Waals surface area (Å²) in [7, 11) is 0. The number of imide groups is 1. The predicted octanol–water partition coefficient (Wildman–Crippen LogP) is 3.46. The Balaban J connectivity index is 1.75. The first-order valence-corrected chi connectivity index (χ1v) is 9.88. The SMILES string of the molecule is CC(C)c1nc2ccc(F)cc2c2c1C(=O)N(NC(=O)c1cc(C(C)(C)C)[nH]n1)C2=O. The molecule has 0 saturated carbocycles. The zero-order valence-electron chi connectivity index (χ0n) is 17.8. The summed E-state index contributed by atoms with van der Waals surface area (Å²) in [5, 5.41) is 7.65. The van der Waals surface area contributed by atoms with E-state index in [0.717, 1.165) is 5.69 Å². The standard InChI is InChI=1S/C22H22FN5O3/c1-10(2)18-17-16(12-8-11(23)6-7-13(12)24-18)20(30)28(21(17)31)27-19(29)14-9-15(26-25-14)22(3,4)5/h6-10H,1-5H3,(H,25,26)(H,27,29). The van der Waals surface area contributed by atoms with Gasteiger partial charge < -0.3 is 0 Å². The molecule has 31 heavy (non-hydrogen) atoms. The van der Waals surface area contributed by atoms with E-state index in [2.05, 4.69) is 20.6 Å². The number of fused-ring (bicyclic) bond motifs is 3. The fourth-order valence-corrected chi connectivity index (χ4v) is 3.51. The number of carbonyl (C=O) groups is 3. The van der Waals surface area contributed by atoms with Crippen LogP contribution in [0.15, 0.2) is 24.3 Å². The van der Waals surface area contributed by atoms with Gasteiger partial charge in [-0.2, -0.15) is 10.1 Å². The minimum Gasteiger partial charge on any atom is -0.281 e. The maximum Gasteiger partial charge on any atom is 0.290 e. The predicted molar refractivity (Wildman–Crippen MR) is 111 cm³/mol. The summed E-state index contributed by atoms with van der Waals surface area (Å²) in [5.74, 6) is -2.88. The van der Waals surface area contributed by atoms with Gasteiger partial charge in [0.2, 0.25) is 0 Å². The lowest BCUT2D eigenvalue weighted by molar-refractivity contribution is 0.0516. The van der Waals surface area contributed by atoms with Crippen LogP contribution in [0.3, 0.4) is 0 Å². The summed E-state index contributed by atoms with van der Waals surface area (Å²) in [5.41, 5.74) is 3.79. The van der Waals surface area contributed by atoms with E-state index in [0.29, 0.717) is 16.2 Å². The van der Waals surface area contributed by atoms with Crippen LogP contribution in [0, 0.1) is 5.82 Å². The highest BCUT2D eigenvalue weighted by atomic mass is 19.1. The van der Waals surface area contributed by atoms with Crippen molar-refractivity contribution in [3.63, 3.8) is 0 Å². The smallest absolute Gasteiger partial charge is 0.281 e. The van der Waals surface area contributed by atoms with Gasteiger partial charge in [-0.1, -0.05) is 34.6 Å². The number of pyridine rings is 1. The second-order valence-electron chi connectivity index (χ2n) is 8.87. The van der Waals surface area contributed by atoms with E-state index in [1.54, 1.807) is 6.07 Å². The molecule has 2 N–H and O–H groups in total. The zero-order chi connectivity index (χ0) is 22.7. The second-order valence-corrected chi connectivity index (χ2v) is 8.87. The Morgan fingerprint density at radius 3 is 2.42 bits per heavy atom. The van der Waals surface area contributed by atoms with Crippen LogP contribution >= 0.6 is 0 Å². The Kier molecular flexibility index (Phi) is 4.64. The van der Waals surface area contributed by atoms with Crippen LogP contribution in [0.4, 0.5) is 4.39 Å². The first kappa shape index (κ1) is 20.6. The Morgan fingerprint density at radius 2 is 1.81 bits per heavy atom. The fourth-order valence-electron chi connectivity index (χ4n) is 3.51. The summed E-state index contributed by atoms with van der Waals surface area (Å²) >= 11 is 0. The van der Waals surface area contributed by atoms with Crippen molar-refractivity contribution in [2.24, 2.45) is 0 Å². The van der Waals surface area contributed by atoms with E-state index in [9.17, 15) is 18.8 Å². The number of hydrazine groups is 1. The molecule has 0 radical (unpaired) electrons. The molecular formula is C22H22FN5O3. The number of nitrogens with zero attached hydrogens (tertiary/aromatic N) is 3. The third-order valence-electron chi connectivity index (χ3n) is 5.19. The minimum atomic E-state index is -0.736. The number of amides is 3. The van der Waals surface area contributed by atoms with Crippen LogP contribution in [0.5, 0.6) is 0 Å². The molecule has 2 aromatic heterocycles. The Hall–Kier alpha value is -3.62. The van der Waals surface area contributed by atoms with E-state index >= 15 is 0 Å². The fraction of sp³-hybridized carbons (Fsp3) is 0.318. The summed E-state index contributed by atoms with van der Waals surface area (Å²) < 4.78 is 13.9. The van der Waals surface area contributed by atoms with E-state index < -0.39 is 23.5 Å². The van der Waals surface area contributed by atoms with Crippen LogP contribution in [-0.4, -0.2) is 37.9 Å². The number of hydrogen-bond donors (Lipinski definition) is 2. The Morgan fingerprint density at radius 1 is 1.13 bits per heavy atom. The van der Waals surface area contributed by atoms with E-state index in [-0.39, 0.29) is 33.5 Å². The number of benzene rings is 1. The van der Waals surface area contributed by atoms with Gasteiger partial charge in [0.05, 0.1) is 22.3 Å². The molecule has 3 aromatic rings. The van der Waals surface area contributed by atoms with Crippen LogP contribution < -0.4 is 5.43 Å². The summed E-state index contributed by atoms with van der Waals surface area (Å²) in [4.78, 5) is 43.5. The number of carbonyl (C=O) groups excluding carboxylic acids is 3. The molecule has 1 aliphatic rings. The number of halogens is 1. The average molecular weight is 423 g/mol. The van der Waals surface area contributed by atoms with Crippen LogP contribution in [-0.2, 0) is 5.41 Å². The van der Waals surface area contributed by atoms with E-state index in [1.165, 1.54) is 18.2 Å². The Bertz CT molecular complexity index is 1260. The number of nitrogens with one attached hydrogen (secondary N) is 2. The number of aromatic amines is 1. The number of aromatic nitrogens is 3. The minimum absolute atomic E-state index is 0.0379. The summed E-state index contributed by atoms with van der Waals surface area (Å²) in [6, 6.07) is 5.45. The van der Waals surface area contributed by atoms with Gasteiger partial charge in [0.1, 0.15) is 5.82 Å². The van der Waals surface area contributed by atoms with Gasteiger partial charge >= 0.3 is 0 Å². The molecule has 160 valence electrons. The lowest BCUT2D eigenvalue weighted by atomic mass is 9.92. The molecule has 0 saturated heterocycles. The largest absolute Gasteiger partial charge is 0.290 e. The third kappa shape index (κ3) is 3.35. The van der Waals surface area contributed by atoms with E-state index in [1.807, 2.05) is 34.6 Å². The van der Waals surface area contributed by atoms with Crippen molar-refractivity contribution in [2.45, 2.75) is 46.0 Å². The monoisotopic (exact) mass is 423 g/mol. The van der Waals surface area contributed by atoms with Crippen molar-refractivity contribution >= 4 is 28.6 Å². The third-order valence-corrected chi connectivity index (χ3v) is 5.19. The molecule has 1 aliphatic heterocycles. The van der Waals surface area contributed by atoms with E-state index in [4.69, 9.17) is 0 Å². The molecule has 0 aliphatic carbocycles. The number of rotatable bonds is 3. The average Bonchev–Trinajstić information content (AvgIpc) is 3.27. The number of H-pyrrole nitrogens is 1. The first-order chi connectivity index (χ1) is 14.5. The van der Waals surface area contributed by atoms with Crippen LogP contribution in [0.1, 0.15) is 83.1 Å². The lowest BCUT2D eigenvalue weighted by Gasteiger charge is -2.15. The molecule has 3 heterocycles. The molecule has 0 fully saturated rings. The van der Waals surface area contributed by atoms with Gasteiger partial charge in [-0.3, -0.25) is 29.9 Å². The van der Waals surface area contributed by atoms with Crippen molar-refractivity contribution in [3.05, 3.63) is 58.3 Å². The van der Waals surface area contributed by atoms with Gasteiger partial charge in [-0.05, 0) is 30.2 Å². The van der Waals surface area contributed by atoms with Crippen LogP contribution in [0.25, 0.3) is 10.9 Å². The van der Waals surface area contributed by atoms with Gasteiger partial charge in [0.25, 0.3) is 17.7 Å². The molecule has 9 heteroatoms. The summed E-state index contributed by atoms with van der Waals surface area (Å²) in [6.07, 6.45) is 0. The van der Waals surface area contributed by atoms with Gasteiger partial charge in [-0.25, -0.2) is 4.39 Å². The van der Waals surface area contributed by atoms with Gasteiger partial charge in [0, 0.05) is 16.5 Å². The molecule has 0 atom stereocenters. The highest BCUT2D eigenvalue weighted by Gasteiger charge is 2.42. The maximum atomic E-state index is 13.9. The van der Waals surface area contributed by atoms with Crippen molar-refractivity contribution in [1.82, 2.24) is 25.6 Å². The second kappa shape index (κ2) is 6.97. The van der Waals surface area contributed by atoms with Gasteiger partial charge in [0.15, 0.2) is 5.69 Å². The maximum absolute atomic E-state index is 13.9. The van der Waals surface area contributed by atoms with Gasteiger partial charge in [-0.15, -0.1) is 0 Å². The lowest BCUT2D eigenvalue weighted by Crippen LogP contribution is -2.46. The quantitative estimate of drug-likeness (QED) is 0.627. The normalized spacial score (nSPS) is 14.0.